The zero-order valence-corrected chi connectivity index (χ0v) is 9.40. The van der Waals surface area contributed by atoms with Crippen LogP contribution in [0.5, 0.6) is 0 Å². The third kappa shape index (κ3) is 2.34. The minimum atomic E-state index is 0.810. The predicted octanol–water partition coefficient (Wildman–Crippen LogP) is 2.75. The van der Waals surface area contributed by atoms with Gasteiger partial charge in [0.05, 0.1) is 0 Å². The fourth-order valence-electron chi connectivity index (χ4n) is 1.91. The lowest BCUT2D eigenvalue weighted by Gasteiger charge is -2.07. The Morgan fingerprint density at radius 3 is 2.44 bits per heavy atom. The van der Waals surface area contributed by atoms with Crippen LogP contribution in [0.15, 0.2) is 42.5 Å². The SMILES string of the molecule is Cc1cc(N)cc(Cc2ccccc2N)c1. The summed E-state index contributed by atoms with van der Waals surface area (Å²) in [6, 6.07) is 14.0. The van der Waals surface area contributed by atoms with Crippen LogP contribution in [0.2, 0.25) is 0 Å². The van der Waals surface area contributed by atoms with E-state index in [1.807, 2.05) is 43.3 Å². The van der Waals surface area contributed by atoms with Gasteiger partial charge in [0.2, 0.25) is 0 Å². The minimum absolute atomic E-state index is 0.810. The van der Waals surface area contributed by atoms with Crippen LogP contribution in [0, 0.1) is 6.92 Å². The summed E-state index contributed by atoms with van der Waals surface area (Å²) in [4.78, 5) is 0. The fraction of sp³-hybridized carbons (Fsp3) is 0.143. The summed E-state index contributed by atoms with van der Waals surface area (Å²) in [7, 11) is 0. The van der Waals surface area contributed by atoms with Gasteiger partial charge in [-0.1, -0.05) is 24.3 Å². The first kappa shape index (κ1) is 10.6. The number of benzene rings is 2. The lowest BCUT2D eigenvalue weighted by Crippen LogP contribution is -1.97. The molecule has 0 aliphatic rings. The van der Waals surface area contributed by atoms with Crippen LogP contribution in [-0.4, -0.2) is 0 Å². The van der Waals surface area contributed by atoms with Crippen molar-refractivity contribution in [2.45, 2.75) is 13.3 Å². The standard InChI is InChI=1S/C14H16N2/c1-10-6-11(9-13(15)7-10)8-12-4-2-3-5-14(12)16/h2-7,9H,8,15-16H2,1H3. The molecular formula is C14H16N2. The molecule has 4 N–H and O–H groups in total. The zero-order valence-electron chi connectivity index (χ0n) is 9.40. The van der Waals surface area contributed by atoms with E-state index in [4.69, 9.17) is 11.5 Å². The quantitative estimate of drug-likeness (QED) is 0.752. The Bertz CT molecular complexity index is 484. The number of nitrogens with two attached hydrogens (primary N) is 2. The van der Waals surface area contributed by atoms with E-state index in [2.05, 4.69) is 6.07 Å². The summed E-state index contributed by atoms with van der Waals surface area (Å²) < 4.78 is 0. The van der Waals surface area contributed by atoms with E-state index >= 15 is 0 Å². The van der Waals surface area contributed by atoms with Crippen molar-refractivity contribution in [3.63, 3.8) is 0 Å². The minimum Gasteiger partial charge on any atom is -0.399 e. The highest BCUT2D eigenvalue weighted by Crippen LogP contribution is 2.18. The highest BCUT2D eigenvalue weighted by Gasteiger charge is 2.01. The van der Waals surface area contributed by atoms with E-state index in [9.17, 15) is 0 Å². The first-order valence-electron chi connectivity index (χ1n) is 5.34. The average Bonchev–Trinajstić information content (AvgIpc) is 2.20. The molecule has 2 aromatic rings. The van der Waals surface area contributed by atoms with Crippen LogP contribution in [0.3, 0.4) is 0 Å². The molecule has 0 radical (unpaired) electrons. The smallest absolute Gasteiger partial charge is 0.0349 e. The maximum atomic E-state index is 5.91. The Kier molecular flexibility index (Phi) is 2.82. The molecule has 2 heteroatoms. The summed E-state index contributed by atoms with van der Waals surface area (Å²) in [6.07, 6.45) is 0.832. The maximum absolute atomic E-state index is 5.91. The molecule has 0 aromatic heterocycles. The van der Waals surface area contributed by atoms with Gasteiger partial charge in [-0.25, -0.2) is 0 Å². The Morgan fingerprint density at radius 1 is 1.00 bits per heavy atom. The van der Waals surface area contributed by atoms with Crippen LogP contribution in [0.4, 0.5) is 11.4 Å². The molecule has 2 rings (SSSR count). The third-order valence-electron chi connectivity index (χ3n) is 2.61. The van der Waals surface area contributed by atoms with E-state index in [1.54, 1.807) is 0 Å². The van der Waals surface area contributed by atoms with Crippen molar-refractivity contribution in [3.8, 4) is 0 Å². The van der Waals surface area contributed by atoms with Gasteiger partial charge in [0, 0.05) is 11.4 Å². The first-order chi connectivity index (χ1) is 7.65. The van der Waals surface area contributed by atoms with E-state index < -0.39 is 0 Å². The monoisotopic (exact) mass is 212 g/mol. The summed E-state index contributed by atoms with van der Waals surface area (Å²) in [6.45, 7) is 2.05. The van der Waals surface area contributed by atoms with Crippen molar-refractivity contribution in [1.82, 2.24) is 0 Å². The number of rotatable bonds is 2. The third-order valence-corrected chi connectivity index (χ3v) is 2.61. The maximum Gasteiger partial charge on any atom is 0.0349 e. The van der Waals surface area contributed by atoms with Crippen LogP contribution in [-0.2, 0) is 6.42 Å². The Morgan fingerprint density at radius 2 is 1.75 bits per heavy atom. The molecular weight excluding hydrogens is 196 g/mol. The normalized spacial score (nSPS) is 10.3. The summed E-state index contributed by atoms with van der Waals surface area (Å²) in [5, 5.41) is 0. The lowest BCUT2D eigenvalue weighted by atomic mass is 10.0. The fourth-order valence-corrected chi connectivity index (χ4v) is 1.91. The van der Waals surface area contributed by atoms with Crippen molar-refractivity contribution in [1.29, 1.82) is 0 Å². The van der Waals surface area contributed by atoms with Gasteiger partial charge in [-0.15, -0.1) is 0 Å². The van der Waals surface area contributed by atoms with Crippen molar-refractivity contribution in [2.75, 3.05) is 11.5 Å². The van der Waals surface area contributed by atoms with Gasteiger partial charge >= 0.3 is 0 Å². The second-order valence-electron chi connectivity index (χ2n) is 4.13. The second kappa shape index (κ2) is 4.27. The lowest BCUT2D eigenvalue weighted by molar-refractivity contribution is 1.19. The predicted molar refractivity (Wildman–Crippen MR) is 69.3 cm³/mol. The Labute approximate surface area is 95.9 Å². The number of hydrogen-bond donors (Lipinski definition) is 2. The summed E-state index contributed by atoms with van der Waals surface area (Å²) in [5.41, 5.74) is 16.9. The highest BCUT2D eigenvalue weighted by atomic mass is 14.6. The molecule has 0 spiro atoms. The topological polar surface area (TPSA) is 52.0 Å². The van der Waals surface area contributed by atoms with Crippen molar-refractivity contribution < 1.29 is 0 Å². The van der Waals surface area contributed by atoms with E-state index in [0.717, 1.165) is 23.4 Å². The van der Waals surface area contributed by atoms with Crippen LogP contribution in [0.25, 0.3) is 0 Å². The molecule has 0 bridgehead atoms. The van der Waals surface area contributed by atoms with E-state index in [0.29, 0.717) is 0 Å². The van der Waals surface area contributed by atoms with E-state index in [1.165, 1.54) is 11.1 Å². The van der Waals surface area contributed by atoms with Gasteiger partial charge in [0.1, 0.15) is 0 Å². The molecule has 0 unspecified atom stereocenters. The number of anilines is 2. The summed E-state index contributed by atoms with van der Waals surface area (Å²) in [5.74, 6) is 0. The molecule has 0 fully saturated rings. The van der Waals surface area contributed by atoms with Crippen molar-refractivity contribution >= 4 is 11.4 Å². The van der Waals surface area contributed by atoms with Gasteiger partial charge in [0.15, 0.2) is 0 Å². The number of para-hydroxylation sites is 1. The molecule has 0 saturated carbocycles. The molecule has 16 heavy (non-hydrogen) atoms. The largest absolute Gasteiger partial charge is 0.399 e. The molecule has 2 aromatic carbocycles. The van der Waals surface area contributed by atoms with Gasteiger partial charge in [-0.3, -0.25) is 0 Å². The molecule has 0 aliphatic heterocycles. The Hall–Kier alpha value is -1.96. The average molecular weight is 212 g/mol. The number of nitrogen functional groups attached to an aromatic ring is 2. The molecule has 0 aliphatic carbocycles. The van der Waals surface area contributed by atoms with Crippen molar-refractivity contribution in [3.05, 3.63) is 59.2 Å². The number of hydrogen-bond acceptors (Lipinski definition) is 2. The van der Waals surface area contributed by atoms with Crippen LogP contribution in [0.1, 0.15) is 16.7 Å². The molecule has 0 heterocycles. The molecule has 82 valence electrons. The first-order valence-corrected chi connectivity index (χ1v) is 5.34. The summed E-state index contributed by atoms with van der Waals surface area (Å²) >= 11 is 0. The van der Waals surface area contributed by atoms with Gasteiger partial charge in [-0.2, -0.15) is 0 Å². The van der Waals surface area contributed by atoms with Crippen LogP contribution < -0.4 is 11.5 Å². The molecule has 2 nitrogen and oxygen atoms in total. The molecule has 0 atom stereocenters. The van der Waals surface area contributed by atoms with Gasteiger partial charge in [0.25, 0.3) is 0 Å². The molecule has 0 amide bonds. The zero-order chi connectivity index (χ0) is 11.5. The van der Waals surface area contributed by atoms with Crippen molar-refractivity contribution in [2.24, 2.45) is 0 Å². The van der Waals surface area contributed by atoms with E-state index in [-0.39, 0.29) is 0 Å². The van der Waals surface area contributed by atoms with Gasteiger partial charge in [-0.05, 0) is 48.2 Å². The number of aryl methyl sites for hydroxylation is 1. The Balaban J connectivity index is 2.30. The highest BCUT2D eigenvalue weighted by molar-refractivity contribution is 5.51. The molecule has 0 saturated heterocycles. The second-order valence-corrected chi connectivity index (χ2v) is 4.13. The van der Waals surface area contributed by atoms with Gasteiger partial charge < -0.3 is 11.5 Å². The van der Waals surface area contributed by atoms with Crippen LogP contribution >= 0.6 is 0 Å².